The Morgan fingerprint density at radius 1 is 1.45 bits per heavy atom. The summed E-state index contributed by atoms with van der Waals surface area (Å²) in [6, 6.07) is -1.06. The van der Waals surface area contributed by atoms with E-state index in [0.29, 0.717) is 0 Å². The average molecular weight is 163 g/mol. The molecule has 0 bridgehead atoms. The Labute approximate surface area is 64.8 Å². The van der Waals surface area contributed by atoms with Gasteiger partial charge in [-0.1, -0.05) is 0 Å². The van der Waals surface area contributed by atoms with E-state index in [1.165, 1.54) is 13.8 Å². The molecule has 0 heterocycles. The van der Waals surface area contributed by atoms with Crippen LogP contribution in [0.1, 0.15) is 20.3 Å². The number of hydrogen-bond acceptors (Lipinski definition) is 4. The lowest BCUT2D eigenvalue weighted by Gasteiger charge is -2.12. The van der Waals surface area contributed by atoms with Crippen LogP contribution in [0, 0.1) is 10.1 Å². The van der Waals surface area contributed by atoms with Gasteiger partial charge < -0.3 is 10.2 Å². The van der Waals surface area contributed by atoms with Crippen LogP contribution in [0.15, 0.2) is 0 Å². The Morgan fingerprint density at radius 3 is 2.00 bits per heavy atom. The Bertz CT molecular complexity index is 135. The lowest BCUT2D eigenvalue weighted by Crippen LogP contribution is -2.34. The first-order valence-electron chi connectivity index (χ1n) is 3.44. The minimum Gasteiger partial charge on any atom is -0.393 e. The lowest BCUT2D eigenvalue weighted by atomic mass is 10.1. The molecule has 0 aliphatic carbocycles. The molecule has 0 aromatic rings. The van der Waals surface area contributed by atoms with Gasteiger partial charge in [-0.3, -0.25) is 10.1 Å². The van der Waals surface area contributed by atoms with E-state index >= 15 is 0 Å². The fourth-order valence-corrected chi connectivity index (χ4v) is 0.809. The summed E-state index contributed by atoms with van der Waals surface area (Å²) >= 11 is 0. The van der Waals surface area contributed by atoms with E-state index in [0.717, 1.165) is 0 Å². The Morgan fingerprint density at radius 2 is 1.91 bits per heavy atom. The predicted octanol–water partition coefficient (Wildman–Crippen LogP) is -0.217. The first-order valence-corrected chi connectivity index (χ1v) is 3.44. The molecule has 66 valence electrons. The van der Waals surface area contributed by atoms with Crippen molar-refractivity contribution in [1.82, 2.24) is 0 Å². The number of aliphatic hydroxyl groups excluding tert-OH is 2. The smallest absolute Gasteiger partial charge is 0.240 e. The van der Waals surface area contributed by atoms with Gasteiger partial charge >= 0.3 is 0 Å². The van der Waals surface area contributed by atoms with Crippen LogP contribution < -0.4 is 0 Å². The number of hydrogen-bond donors (Lipinski definition) is 2. The molecule has 0 fully saturated rings. The van der Waals surface area contributed by atoms with E-state index in [1.807, 2.05) is 0 Å². The van der Waals surface area contributed by atoms with Crippen molar-refractivity contribution in [2.75, 3.05) is 0 Å². The van der Waals surface area contributed by atoms with E-state index in [-0.39, 0.29) is 6.42 Å². The summed E-state index contributed by atoms with van der Waals surface area (Å²) in [6.07, 6.45) is -1.77. The van der Waals surface area contributed by atoms with Crippen LogP contribution in [0.2, 0.25) is 0 Å². The van der Waals surface area contributed by atoms with Crippen molar-refractivity contribution >= 4 is 0 Å². The molecule has 0 aromatic carbocycles. The van der Waals surface area contributed by atoms with Gasteiger partial charge in [0.05, 0.1) is 6.10 Å². The molecule has 0 saturated carbocycles. The molecule has 0 aliphatic rings. The zero-order valence-corrected chi connectivity index (χ0v) is 6.60. The van der Waals surface area contributed by atoms with Gasteiger partial charge in [0, 0.05) is 11.3 Å². The molecule has 0 aliphatic heterocycles. The maximum Gasteiger partial charge on any atom is 0.240 e. The average Bonchev–Trinajstić information content (AvgIpc) is 1.81. The fourth-order valence-electron chi connectivity index (χ4n) is 0.809. The third kappa shape index (κ3) is 3.90. The van der Waals surface area contributed by atoms with Gasteiger partial charge in [-0.05, 0) is 13.8 Å². The van der Waals surface area contributed by atoms with Crippen molar-refractivity contribution < 1.29 is 15.1 Å². The van der Waals surface area contributed by atoms with E-state index < -0.39 is 23.2 Å². The summed E-state index contributed by atoms with van der Waals surface area (Å²) in [6.45, 7) is 2.80. The molecule has 3 unspecified atom stereocenters. The molecular weight excluding hydrogens is 150 g/mol. The molecule has 0 rings (SSSR count). The molecule has 0 aromatic heterocycles. The van der Waals surface area contributed by atoms with Gasteiger partial charge in [0.1, 0.15) is 6.10 Å². The van der Waals surface area contributed by atoms with Crippen LogP contribution in [0.5, 0.6) is 0 Å². The molecule has 0 saturated heterocycles. The van der Waals surface area contributed by atoms with Crippen LogP contribution in [-0.4, -0.2) is 33.4 Å². The van der Waals surface area contributed by atoms with Gasteiger partial charge in [0.2, 0.25) is 6.04 Å². The van der Waals surface area contributed by atoms with Crippen LogP contribution >= 0.6 is 0 Å². The van der Waals surface area contributed by atoms with Crippen molar-refractivity contribution in [3.63, 3.8) is 0 Å². The summed E-state index contributed by atoms with van der Waals surface area (Å²) in [4.78, 5) is 9.64. The zero-order valence-electron chi connectivity index (χ0n) is 6.60. The third-order valence-electron chi connectivity index (χ3n) is 1.41. The molecule has 0 spiro atoms. The maximum absolute atomic E-state index is 10.2. The number of rotatable bonds is 4. The Hall–Kier alpha value is -0.680. The van der Waals surface area contributed by atoms with Crippen molar-refractivity contribution in [2.45, 2.75) is 38.5 Å². The summed E-state index contributed by atoms with van der Waals surface area (Å²) in [5, 5.41) is 27.9. The largest absolute Gasteiger partial charge is 0.393 e. The summed E-state index contributed by atoms with van der Waals surface area (Å²) in [7, 11) is 0. The number of nitrogens with zero attached hydrogens (tertiary/aromatic N) is 1. The third-order valence-corrected chi connectivity index (χ3v) is 1.41. The van der Waals surface area contributed by atoms with Gasteiger partial charge in [-0.15, -0.1) is 0 Å². The highest BCUT2D eigenvalue weighted by Gasteiger charge is 2.27. The van der Waals surface area contributed by atoms with Gasteiger partial charge in [-0.2, -0.15) is 0 Å². The Balaban J connectivity index is 4.01. The minimum absolute atomic E-state index is 0.00926. The highest BCUT2D eigenvalue weighted by molar-refractivity contribution is 4.65. The van der Waals surface area contributed by atoms with Crippen molar-refractivity contribution in [2.24, 2.45) is 0 Å². The summed E-state index contributed by atoms with van der Waals surface area (Å²) in [5.74, 6) is 0. The van der Waals surface area contributed by atoms with Crippen molar-refractivity contribution in [3.8, 4) is 0 Å². The number of aliphatic hydroxyl groups is 2. The molecule has 11 heavy (non-hydrogen) atoms. The van der Waals surface area contributed by atoms with Crippen molar-refractivity contribution in [1.29, 1.82) is 0 Å². The normalized spacial score (nSPS) is 18.9. The topological polar surface area (TPSA) is 83.6 Å². The monoisotopic (exact) mass is 163 g/mol. The molecule has 2 N–H and O–H groups in total. The molecular formula is C6H13NO4. The zero-order chi connectivity index (χ0) is 9.02. The molecule has 3 atom stereocenters. The SMILES string of the molecule is CC(O)CC(C(C)O)[N+](=O)[O-]. The van der Waals surface area contributed by atoms with Gasteiger partial charge in [-0.25, -0.2) is 0 Å². The fraction of sp³-hybridized carbons (Fsp3) is 1.00. The quantitative estimate of drug-likeness (QED) is 0.443. The highest BCUT2D eigenvalue weighted by atomic mass is 16.6. The van der Waals surface area contributed by atoms with Gasteiger partial charge in [0.15, 0.2) is 0 Å². The van der Waals surface area contributed by atoms with Crippen LogP contribution in [0.4, 0.5) is 0 Å². The van der Waals surface area contributed by atoms with Gasteiger partial charge in [0.25, 0.3) is 0 Å². The number of nitro groups is 1. The molecule has 5 heteroatoms. The van der Waals surface area contributed by atoms with Crippen LogP contribution in [-0.2, 0) is 0 Å². The van der Waals surface area contributed by atoms with E-state index in [9.17, 15) is 10.1 Å². The molecule has 0 amide bonds. The first kappa shape index (κ1) is 10.3. The van der Waals surface area contributed by atoms with E-state index in [4.69, 9.17) is 10.2 Å². The molecule has 0 radical (unpaired) electrons. The van der Waals surface area contributed by atoms with Crippen LogP contribution in [0.3, 0.4) is 0 Å². The standard InChI is InChI=1S/C6H13NO4/c1-4(8)3-6(5(2)9)7(10)11/h4-6,8-9H,3H2,1-2H3. The summed E-state index contributed by atoms with van der Waals surface area (Å²) < 4.78 is 0. The predicted molar refractivity (Wildman–Crippen MR) is 38.8 cm³/mol. The second-order valence-corrected chi connectivity index (χ2v) is 2.68. The molecule has 5 nitrogen and oxygen atoms in total. The second-order valence-electron chi connectivity index (χ2n) is 2.68. The second kappa shape index (κ2) is 4.25. The van der Waals surface area contributed by atoms with Crippen LogP contribution in [0.25, 0.3) is 0 Å². The van der Waals surface area contributed by atoms with Crippen molar-refractivity contribution in [3.05, 3.63) is 10.1 Å². The minimum atomic E-state index is -1.06. The first-order chi connectivity index (χ1) is 4.95. The lowest BCUT2D eigenvalue weighted by molar-refractivity contribution is -0.535. The Kier molecular flexibility index (Phi) is 3.99. The van der Waals surface area contributed by atoms with E-state index in [1.54, 1.807) is 0 Å². The maximum atomic E-state index is 10.2. The summed E-state index contributed by atoms with van der Waals surface area (Å²) in [5.41, 5.74) is 0. The highest BCUT2D eigenvalue weighted by Crippen LogP contribution is 2.06. The van der Waals surface area contributed by atoms with E-state index in [2.05, 4.69) is 0 Å².